The second-order valence-electron chi connectivity index (χ2n) is 7.31. The summed E-state index contributed by atoms with van der Waals surface area (Å²) in [5.41, 5.74) is 2.00. The van der Waals surface area contributed by atoms with Gasteiger partial charge in [-0.1, -0.05) is 0 Å². The Kier molecular flexibility index (Phi) is 3.83. The van der Waals surface area contributed by atoms with Crippen molar-refractivity contribution in [3.63, 3.8) is 0 Å². The SMILES string of the molecule is COc1ccc2cnn(-c3cnc4[nH]cc(C(=O)NC(C)(C)C)c4n3)c2c1. The van der Waals surface area contributed by atoms with E-state index in [-0.39, 0.29) is 11.4 Å². The number of rotatable bonds is 3. The summed E-state index contributed by atoms with van der Waals surface area (Å²) in [6.07, 6.45) is 5.00. The minimum absolute atomic E-state index is 0.202. The highest BCUT2D eigenvalue weighted by atomic mass is 16.5. The molecule has 0 radical (unpaired) electrons. The number of hydrogen-bond acceptors (Lipinski definition) is 5. The van der Waals surface area contributed by atoms with Crippen LogP contribution in [0.25, 0.3) is 27.9 Å². The van der Waals surface area contributed by atoms with Crippen molar-refractivity contribution in [1.29, 1.82) is 0 Å². The van der Waals surface area contributed by atoms with Crippen LogP contribution >= 0.6 is 0 Å². The topological polar surface area (TPSA) is 97.7 Å². The van der Waals surface area contributed by atoms with Gasteiger partial charge in [0, 0.05) is 23.2 Å². The molecule has 0 aliphatic rings. The summed E-state index contributed by atoms with van der Waals surface area (Å²) in [5, 5.41) is 8.32. The molecule has 0 fully saturated rings. The van der Waals surface area contributed by atoms with Crippen molar-refractivity contribution in [3.05, 3.63) is 42.4 Å². The molecule has 1 aromatic carbocycles. The molecule has 3 heterocycles. The van der Waals surface area contributed by atoms with E-state index >= 15 is 0 Å². The van der Waals surface area contributed by atoms with Crippen LogP contribution < -0.4 is 10.1 Å². The zero-order chi connectivity index (χ0) is 19.2. The number of ether oxygens (including phenoxy) is 1. The van der Waals surface area contributed by atoms with Gasteiger partial charge in [-0.2, -0.15) is 5.10 Å². The van der Waals surface area contributed by atoms with Crippen LogP contribution in [0, 0.1) is 0 Å². The molecule has 8 nitrogen and oxygen atoms in total. The molecule has 0 aliphatic carbocycles. The number of carbonyl (C=O) groups excluding carboxylic acids is 1. The van der Waals surface area contributed by atoms with Gasteiger partial charge in [-0.3, -0.25) is 4.79 Å². The van der Waals surface area contributed by atoms with E-state index in [1.54, 1.807) is 30.4 Å². The lowest BCUT2D eigenvalue weighted by Gasteiger charge is -2.20. The number of amides is 1. The van der Waals surface area contributed by atoms with E-state index in [0.29, 0.717) is 22.5 Å². The van der Waals surface area contributed by atoms with Crippen LogP contribution in [0.3, 0.4) is 0 Å². The van der Waals surface area contributed by atoms with Gasteiger partial charge in [0.05, 0.1) is 30.6 Å². The molecule has 0 saturated heterocycles. The summed E-state index contributed by atoms with van der Waals surface area (Å²) in [4.78, 5) is 24.6. The number of benzene rings is 1. The fraction of sp³-hybridized carbons (Fsp3) is 0.263. The molecule has 0 spiro atoms. The van der Waals surface area contributed by atoms with Crippen LogP contribution in [-0.4, -0.2) is 43.3 Å². The maximum atomic E-state index is 12.6. The quantitative estimate of drug-likeness (QED) is 0.582. The Balaban J connectivity index is 1.82. The lowest BCUT2D eigenvalue weighted by molar-refractivity contribution is 0.0921. The maximum absolute atomic E-state index is 12.6. The normalized spacial score (nSPS) is 11.9. The van der Waals surface area contributed by atoms with Crippen molar-refractivity contribution in [1.82, 2.24) is 30.0 Å². The summed E-state index contributed by atoms with van der Waals surface area (Å²) in [5.74, 6) is 1.05. The third kappa shape index (κ3) is 3.10. The molecule has 4 rings (SSSR count). The number of aromatic amines is 1. The molecule has 0 saturated carbocycles. The van der Waals surface area contributed by atoms with Crippen molar-refractivity contribution in [2.75, 3.05) is 7.11 Å². The number of aromatic nitrogens is 5. The molecule has 0 aliphatic heterocycles. The fourth-order valence-corrected chi connectivity index (χ4v) is 2.87. The smallest absolute Gasteiger partial charge is 0.255 e. The highest BCUT2D eigenvalue weighted by Crippen LogP contribution is 2.23. The van der Waals surface area contributed by atoms with Crippen molar-refractivity contribution >= 4 is 28.0 Å². The van der Waals surface area contributed by atoms with E-state index in [1.165, 1.54) is 0 Å². The Morgan fingerprint density at radius 2 is 2.07 bits per heavy atom. The molecular formula is C19H20N6O2. The lowest BCUT2D eigenvalue weighted by Crippen LogP contribution is -2.40. The predicted octanol–water partition coefficient (Wildman–Crippen LogP) is 2.83. The highest BCUT2D eigenvalue weighted by molar-refractivity contribution is 6.04. The number of hydrogen-bond donors (Lipinski definition) is 2. The number of nitrogens with one attached hydrogen (secondary N) is 2. The van der Waals surface area contributed by atoms with Gasteiger partial charge in [0.1, 0.15) is 11.3 Å². The van der Waals surface area contributed by atoms with Crippen molar-refractivity contribution in [2.45, 2.75) is 26.3 Å². The van der Waals surface area contributed by atoms with E-state index in [1.807, 2.05) is 39.0 Å². The molecule has 1 amide bonds. The minimum atomic E-state index is -0.347. The van der Waals surface area contributed by atoms with Crippen LogP contribution in [0.2, 0.25) is 0 Å². The van der Waals surface area contributed by atoms with Gasteiger partial charge >= 0.3 is 0 Å². The van der Waals surface area contributed by atoms with Gasteiger partial charge in [0.2, 0.25) is 0 Å². The number of nitrogens with zero attached hydrogens (tertiary/aromatic N) is 4. The average molecular weight is 364 g/mol. The van der Waals surface area contributed by atoms with E-state index in [9.17, 15) is 4.79 Å². The number of carbonyl (C=O) groups is 1. The molecule has 0 unspecified atom stereocenters. The van der Waals surface area contributed by atoms with Gasteiger partial charge in [0.25, 0.3) is 5.91 Å². The molecule has 4 aromatic rings. The van der Waals surface area contributed by atoms with Gasteiger partial charge in [0.15, 0.2) is 11.5 Å². The van der Waals surface area contributed by atoms with E-state index in [4.69, 9.17) is 4.74 Å². The first-order valence-electron chi connectivity index (χ1n) is 8.54. The molecule has 138 valence electrons. The number of fused-ring (bicyclic) bond motifs is 2. The molecule has 27 heavy (non-hydrogen) atoms. The average Bonchev–Trinajstić information content (AvgIpc) is 3.23. The Labute approximate surface area is 155 Å². The second kappa shape index (κ2) is 6.08. The summed E-state index contributed by atoms with van der Waals surface area (Å²) < 4.78 is 6.99. The molecule has 0 atom stereocenters. The lowest BCUT2D eigenvalue weighted by atomic mass is 10.1. The summed E-state index contributed by atoms with van der Waals surface area (Å²) in [7, 11) is 1.62. The summed E-state index contributed by atoms with van der Waals surface area (Å²) in [6.45, 7) is 5.79. The zero-order valence-corrected chi connectivity index (χ0v) is 15.6. The molecule has 2 N–H and O–H groups in total. The Morgan fingerprint density at radius 3 is 2.81 bits per heavy atom. The van der Waals surface area contributed by atoms with E-state index in [2.05, 4.69) is 25.4 Å². The first kappa shape index (κ1) is 17.0. The Morgan fingerprint density at radius 1 is 1.26 bits per heavy atom. The number of H-pyrrole nitrogens is 1. The van der Waals surface area contributed by atoms with Gasteiger partial charge < -0.3 is 15.0 Å². The van der Waals surface area contributed by atoms with Gasteiger partial charge in [-0.05, 0) is 32.9 Å². The van der Waals surface area contributed by atoms with Crippen LogP contribution in [0.15, 0.2) is 36.8 Å². The van der Waals surface area contributed by atoms with Crippen LogP contribution in [-0.2, 0) is 0 Å². The van der Waals surface area contributed by atoms with Crippen LogP contribution in [0.4, 0.5) is 0 Å². The zero-order valence-electron chi connectivity index (χ0n) is 15.6. The van der Waals surface area contributed by atoms with Gasteiger partial charge in [-0.25, -0.2) is 14.6 Å². The molecule has 8 heteroatoms. The predicted molar refractivity (Wildman–Crippen MR) is 102 cm³/mol. The fourth-order valence-electron chi connectivity index (χ4n) is 2.87. The Hall–Kier alpha value is -3.42. The van der Waals surface area contributed by atoms with Crippen molar-refractivity contribution < 1.29 is 9.53 Å². The van der Waals surface area contributed by atoms with E-state index < -0.39 is 0 Å². The summed E-state index contributed by atoms with van der Waals surface area (Å²) >= 11 is 0. The van der Waals surface area contributed by atoms with E-state index in [0.717, 1.165) is 16.7 Å². The van der Waals surface area contributed by atoms with Gasteiger partial charge in [-0.15, -0.1) is 0 Å². The third-order valence-corrected chi connectivity index (χ3v) is 4.10. The second-order valence-corrected chi connectivity index (χ2v) is 7.31. The highest BCUT2D eigenvalue weighted by Gasteiger charge is 2.20. The molecule has 3 aromatic heterocycles. The summed E-state index contributed by atoms with van der Waals surface area (Å²) in [6, 6.07) is 5.70. The first-order chi connectivity index (χ1) is 12.9. The van der Waals surface area contributed by atoms with Crippen molar-refractivity contribution in [3.8, 4) is 11.6 Å². The standard InChI is InChI=1S/C19H20N6O2/c1-19(2,3)24-18(26)13-9-20-17-16(13)23-15(10-21-17)25-14-7-12(27-4)6-5-11(14)8-22-25/h5-10H,1-4H3,(H,20,21)(H,24,26). The Bertz CT molecular complexity index is 1150. The first-order valence-corrected chi connectivity index (χ1v) is 8.54. The van der Waals surface area contributed by atoms with Crippen LogP contribution in [0.1, 0.15) is 31.1 Å². The molecule has 0 bridgehead atoms. The van der Waals surface area contributed by atoms with Crippen molar-refractivity contribution in [2.24, 2.45) is 0 Å². The maximum Gasteiger partial charge on any atom is 0.255 e. The minimum Gasteiger partial charge on any atom is -0.497 e. The molecular weight excluding hydrogens is 344 g/mol. The van der Waals surface area contributed by atoms with Crippen LogP contribution in [0.5, 0.6) is 5.75 Å². The monoisotopic (exact) mass is 364 g/mol. The third-order valence-electron chi connectivity index (χ3n) is 4.10. The number of methoxy groups -OCH3 is 1. The largest absolute Gasteiger partial charge is 0.497 e.